The van der Waals surface area contributed by atoms with Gasteiger partial charge in [-0.15, -0.1) is 11.3 Å². The lowest BCUT2D eigenvalue weighted by atomic mass is 10.3. The van der Waals surface area contributed by atoms with E-state index in [-0.39, 0.29) is 0 Å². The number of aryl methyl sites for hydroxylation is 1. The molecule has 0 fully saturated rings. The number of hydrogen-bond acceptors (Lipinski definition) is 3. The second kappa shape index (κ2) is 5.17. The fourth-order valence-corrected chi connectivity index (χ4v) is 1.84. The van der Waals surface area contributed by atoms with Crippen molar-refractivity contribution in [2.75, 3.05) is 18.5 Å². The van der Waals surface area contributed by atoms with Crippen LogP contribution < -0.4 is 5.32 Å². The van der Waals surface area contributed by atoms with Gasteiger partial charge < -0.3 is 10.4 Å². The van der Waals surface area contributed by atoms with Gasteiger partial charge in [-0.25, -0.2) is 0 Å². The van der Waals surface area contributed by atoms with E-state index in [0.29, 0.717) is 6.61 Å². The fourth-order valence-electron chi connectivity index (χ4n) is 0.993. The Hall–Kier alpha value is -0.540. The third kappa shape index (κ3) is 2.83. The number of hydrogen-bond donors (Lipinski definition) is 2. The van der Waals surface area contributed by atoms with E-state index in [2.05, 4.69) is 23.7 Å². The predicted octanol–water partition coefficient (Wildman–Crippen LogP) is 2.24. The van der Waals surface area contributed by atoms with E-state index >= 15 is 0 Å². The van der Waals surface area contributed by atoms with Crippen LogP contribution in [0.5, 0.6) is 0 Å². The molecule has 0 unspecified atom stereocenters. The van der Waals surface area contributed by atoms with Crippen LogP contribution in [0.15, 0.2) is 11.4 Å². The summed E-state index contributed by atoms with van der Waals surface area (Å²) in [7, 11) is 0. The highest BCUT2D eigenvalue weighted by molar-refractivity contribution is 7.14. The Kier molecular flexibility index (Phi) is 4.11. The number of thiophene rings is 1. The molecule has 0 aliphatic heterocycles. The zero-order valence-corrected chi connectivity index (χ0v) is 8.16. The molecule has 0 saturated heterocycles. The third-order valence-corrected chi connectivity index (χ3v) is 2.71. The zero-order chi connectivity index (χ0) is 8.81. The first kappa shape index (κ1) is 9.55. The Morgan fingerprint density at radius 3 is 2.92 bits per heavy atom. The van der Waals surface area contributed by atoms with Crippen molar-refractivity contribution < 1.29 is 5.11 Å². The topological polar surface area (TPSA) is 32.3 Å². The minimum atomic E-state index is 0.297. The van der Waals surface area contributed by atoms with Crippen LogP contribution in [-0.2, 0) is 0 Å². The van der Waals surface area contributed by atoms with E-state index in [9.17, 15) is 0 Å². The minimum Gasteiger partial charge on any atom is -0.396 e. The van der Waals surface area contributed by atoms with Crippen LogP contribution in [0.3, 0.4) is 0 Å². The average Bonchev–Trinajstić information content (AvgIpc) is 2.46. The van der Waals surface area contributed by atoms with Crippen molar-refractivity contribution in [2.45, 2.75) is 19.8 Å². The Balaban J connectivity index is 2.20. The highest BCUT2D eigenvalue weighted by Gasteiger charge is 1.96. The number of unbranched alkanes of at least 4 members (excludes halogenated alkanes) is 1. The van der Waals surface area contributed by atoms with Crippen LogP contribution in [0.25, 0.3) is 0 Å². The van der Waals surface area contributed by atoms with Crippen molar-refractivity contribution >= 4 is 16.3 Å². The van der Waals surface area contributed by atoms with Crippen molar-refractivity contribution in [2.24, 2.45) is 0 Å². The fraction of sp³-hybridized carbons (Fsp3) is 0.556. The second-order valence-corrected chi connectivity index (χ2v) is 3.71. The van der Waals surface area contributed by atoms with E-state index in [1.807, 2.05) is 0 Å². The summed E-state index contributed by atoms with van der Waals surface area (Å²) in [6.07, 6.45) is 1.92. The molecule has 3 heteroatoms. The molecule has 1 rings (SSSR count). The maximum atomic E-state index is 8.55. The highest BCUT2D eigenvalue weighted by atomic mass is 32.1. The molecule has 12 heavy (non-hydrogen) atoms. The standard InChI is InChI=1S/C9H15NOS/c1-8-4-7-12-9(8)10-5-2-3-6-11/h4,7,10-11H,2-3,5-6H2,1H3. The largest absolute Gasteiger partial charge is 0.396 e. The maximum absolute atomic E-state index is 8.55. The molecular formula is C9H15NOS. The molecule has 0 aromatic carbocycles. The second-order valence-electron chi connectivity index (χ2n) is 2.79. The molecule has 68 valence electrons. The van der Waals surface area contributed by atoms with Crippen LogP contribution in [0.4, 0.5) is 5.00 Å². The van der Waals surface area contributed by atoms with Crippen LogP contribution in [-0.4, -0.2) is 18.3 Å². The Labute approximate surface area is 77.2 Å². The Bertz CT molecular complexity index is 222. The van der Waals surface area contributed by atoms with Crippen molar-refractivity contribution in [3.63, 3.8) is 0 Å². The number of aliphatic hydroxyl groups is 1. The van der Waals surface area contributed by atoms with E-state index in [1.165, 1.54) is 10.6 Å². The van der Waals surface area contributed by atoms with Crippen LogP contribution in [0, 0.1) is 6.92 Å². The summed E-state index contributed by atoms with van der Waals surface area (Å²) in [4.78, 5) is 0. The average molecular weight is 185 g/mol. The molecule has 2 nitrogen and oxygen atoms in total. The molecule has 0 saturated carbocycles. The minimum absolute atomic E-state index is 0.297. The number of nitrogens with one attached hydrogen (secondary N) is 1. The Morgan fingerprint density at radius 1 is 1.50 bits per heavy atom. The SMILES string of the molecule is Cc1ccsc1NCCCCO. The van der Waals surface area contributed by atoms with Gasteiger partial charge in [0.1, 0.15) is 0 Å². The zero-order valence-electron chi connectivity index (χ0n) is 7.34. The van der Waals surface area contributed by atoms with Crippen LogP contribution >= 0.6 is 11.3 Å². The van der Waals surface area contributed by atoms with Gasteiger partial charge in [-0.1, -0.05) is 0 Å². The lowest BCUT2D eigenvalue weighted by Gasteiger charge is -2.03. The molecule has 2 N–H and O–H groups in total. The molecule has 1 aromatic rings. The lowest BCUT2D eigenvalue weighted by Crippen LogP contribution is -2.01. The van der Waals surface area contributed by atoms with Gasteiger partial charge in [-0.2, -0.15) is 0 Å². The van der Waals surface area contributed by atoms with Gasteiger partial charge in [-0.05, 0) is 36.8 Å². The quantitative estimate of drug-likeness (QED) is 0.689. The summed E-state index contributed by atoms with van der Waals surface area (Å²) in [6, 6.07) is 2.11. The summed E-state index contributed by atoms with van der Waals surface area (Å²) in [6.45, 7) is 3.36. The lowest BCUT2D eigenvalue weighted by molar-refractivity contribution is 0.286. The molecule has 0 radical (unpaired) electrons. The summed E-state index contributed by atoms with van der Waals surface area (Å²) in [5.74, 6) is 0. The number of rotatable bonds is 5. The first-order valence-electron chi connectivity index (χ1n) is 4.23. The third-order valence-electron chi connectivity index (χ3n) is 1.73. The molecular weight excluding hydrogens is 170 g/mol. The van der Waals surface area contributed by atoms with Crippen LogP contribution in [0.2, 0.25) is 0 Å². The van der Waals surface area contributed by atoms with Crippen LogP contribution in [0.1, 0.15) is 18.4 Å². The van der Waals surface area contributed by atoms with Gasteiger partial charge in [0.05, 0.1) is 5.00 Å². The summed E-state index contributed by atoms with van der Waals surface area (Å²) in [5, 5.41) is 15.2. The molecule has 0 aliphatic rings. The predicted molar refractivity (Wildman–Crippen MR) is 53.9 cm³/mol. The molecule has 0 bridgehead atoms. The van der Waals surface area contributed by atoms with Crippen molar-refractivity contribution in [1.29, 1.82) is 0 Å². The smallest absolute Gasteiger partial charge is 0.0912 e. The molecule has 1 heterocycles. The summed E-state index contributed by atoms with van der Waals surface area (Å²) >= 11 is 1.73. The molecule has 0 aliphatic carbocycles. The monoisotopic (exact) mass is 185 g/mol. The van der Waals surface area contributed by atoms with Crippen molar-refractivity contribution in [3.8, 4) is 0 Å². The van der Waals surface area contributed by atoms with E-state index < -0.39 is 0 Å². The van der Waals surface area contributed by atoms with Gasteiger partial charge in [-0.3, -0.25) is 0 Å². The normalized spacial score (nSPS) is 10.2. The molecule has 0 spiro atoms. The highest BCUT2D eigenvalue weighted by Crippen LogP contribution is 2.21. The summed E-state index contributed by atoms with van der Waals surface area (Å²) < 4.78 is 0. The molecule has 0 amide bonds. The first-order valence-corrected chi connectivity index (χ1v) is 5.11. The van der Waals surface area contributed by atoms with Gasteiger partial charge in [0, 0.05) is 13.2 Å². The first-order chi connectivity index (χ1) is 5.84. The van der Waals surface area contributed by atoms with Gasteiger partial charge >= 0.3 is 0 Å². The van der Waals surface area contributed by atoms with E-state index in [0.717, 1.165) is 19.4 Å². The van der Waals surface area contributed by atoms with Crippen molar-refractivity contribution in [1.82, 2.24) is 0 Å². The van der Waals surface area contributed by atoms with E-state index in [1.54, 1.807) is 11.3 Å². The van der Waals surface area contributed by atoms with E-state index in [4.69, 9.17) is 5.11 Å². The van der Waals surface area contributed by atoms with Crippen molar-refractivity contribution in [3.05, 3.63) is 17.0 Å². The maximum Gasteiger partial charge on any atom is 0.0912 e. The molecule has 0 atom stereocenters. The van der Waals surface area contributed by atoms with Gasteiger partial charge in [0.2, 0.25) is 0 Å². The van der Waals surface area contributed by atoms with Gasteiger partial charge in [0.15, 0.2) is 0 Å². The summed E-state index contributed by atoms with van der Waals surface area (Å²) in [5.41, 5.74) is 1.31. The van der Waals surface area contributed by atoms with Gasteiger partial charge in [0.25, 0.3) is 0 Å². The Morgan fingerprint density at radius 2 is 2.33 bits per heavy atom. The molecule has 1 aromatic heterocycles. The number of aliphatic hydroxyl groups excluding tert-OH is 1. The number of anilines is 1.